The van der Waals surface area contributed by atoms with Gasteiger partial charge < -0.3 is 0 Å². The van der Waals surface area contributed by atoms with Crippen LogP contribution in [0.3, 0.4) is 0 Å². The fraction of sp³-hybridized carbons (Fsp3) is 0.273. The smallest absolute Gasteiger partial charge is 0.269 e. The molecule has 2 aromatic rings. The van der Waals surface area contributed by atoms with E-state index in [1.54, 1.807) is 0 Å². The Morgan fingerprint density at radius 3 is 2.76 bits per heavy atom. The van der Waals surface area contributed by atoms with Crippen LogP contribution in [0.2, 0.25) is 0 Å². The zero-order chi connectivity index (χ0) is 12.1. The second kappa shape index (κ2) is 5.20. The molecule has 0 spiro atoms. The van der Waals surface area contributed by atoms with Gasteiger partial charge in [-0.15, -0.1) is 5.10 Å². The third-order valence-electron chi connectivity index (χ3n) is 2.36. The predicted molar refractivity (Wildman–Crippen MR) is 62.3 cm³/mol. The number of benzene rings is 1. The van der Waals surface area contributed by atoms with Gasteiger partial charge >= 0.3 is 0 Å². The highest BCUT2D eigenvalue weighted by atomic mass is 16.1. The summed E-state index contributed by atoms with van der Waals surface area (Å²) in [6.07, 6.45) is 1.10. The lowest BCUT2D eigenvalue weighted by molar-refractivity contribution is -0.116. The van der Waals surface area contributed by atoms with Crippen molar-refractivity contribution in [2.45, 2.75) is 19.8 Å². The maximum atomic E-state index is 11.5. The summed E-state index contributed by atoms with van der Waals surface area (Å²) in [6.45, 7) is 2.03. The molecule has 0 aliphatic heterocycles. The lowest BCUT2D eigenvalue weighted by Crippen LogP contribution is -2.13. The fourth-order valence-electron chi connectivity index (χ4n) is 1.41. The van der Waals surface area contributed by atoms with Crippen LogP contribution < -0.4 is 5.32 Å². The summed E-state index contributed by atoms with van der Waals surface area (Å²) in [6, 6.07) is 8.12. The molecule has 2 N–H and O–H groups in total. The standard InChI is InChI=1S/C11H13N5O/c1-8-2-4-9(5-3-8)6-7-10(17)12-11-13-15-16-14-11/h2-5H,6-7H2,1H3,(H2,12,13,14,15,16,17). The number of tetrazole rings is 1. The van der Waals surface area contributed by atoms with Gasteiger partial charge in [-0.25, -0.2) is 0 Å². The Labute approximate surface area is 98.4 Å². The average Bonchev–Trinajstić information content (AvgIpc) is 2.81. The summed E-state index contributed by atoms with van der Waals surface area (Å²) in [4.78, 5) is 11.5. The summed E-state index contributed by atoms with van der Waals surface area (Å²) in [5, 5.41) is 15.5. The Hall–Kier alpha value is -2.24. The minimum Gasteiger partial charge on any atom is -0.292 e. The molecule has 6 heteroatoms. The molecular formula is C11H13N5O. The number of aromatic nitrogens is 4. The van der Waals surface area contributed by atoms with Crippen LogP contribution in [0.5, 0.6) is 0 Å². The van der Waals surface area contributed by atoms with Gasteiger partial charge in [0.15, 0.2) is 0 Å². The molecule has 0 saturated heterocycles. The maximum Gasteiger partial charge on any atom is 0.269 e. The molecule has 88 valence electrons. The lowest BCUT2D eigenvalue weighted by atomic mass is 10.1. The first-order valence-corrected chi connectivity index (χ1v) is 5.33. The Bertz CT molecular complexity index is 477. The molecule has 0 radical (unpaired) electrons. The first-order chi connectivity index (χ1) is 8.24. The van der Waals surface area contributed by atoms with Crippen LogP contribution in [-0.2, 0) is 11.2 Å². The van der Waals surface area contributed by atoms with Gasteiger partial charge in [-0.2, -0.15) is 5.21 Å². The second-order valence-corrected chi connectivity index (χ2v) is 3.77. The number of nitrogens with zero attached hydrogens (tertiary/aromatic N) is 3. The molecule has 1 aromatic carbocycles. The minimum absolute atomic E-state index is 0.119. The summed E-state index contributed by atoms with van der Waals surface area (Å²) in [5.74, 6) is 0.0888. The number of aromatic amines is 1. The molecule has 0 saturated carbocycles. The van der Waals surface area contributed by atoms with Gasteiger partial charge in [0.05, 0.1) is 0 Å². The number of carbonyl (C=O) groups excluding carboxylic acids is 1. The lowest BCUT2D eigenvalue weighted by Gasteiger charge is -2.01. The van der Waals surface area contributed by atoms with Crippen LogP contribution in [0.25, 0.3) is 0 Å². The van der Waals surface area contributed by atoms with E-state index in [0.717, 1.165) is 5.56 Å². The average molecular weight is 231 g/mol. The molecule has 0 fully saturated rings. The number of carbonyl (C=O) groups is 1. The van der Waals surface area contributed by atoms with E-state index in [9.17, 15) is 4.79 Å². The molecule has 2 rings (SSSR count). The first kappa shape index (κ1) is 11.3. The van der Waals surface area contributed by atoms with Gasteiger partial charge in [-0.05, 0) is 24.1 Å². The van der Waals surface area contributed by atoms with Crippen LogP contribution in [0.15, 0.2) is 24.3 Å². The van der Waals surface area contributed by atoms with Crippen LogP contribution in [0, 0.1) is 6.92 Å². The maximum absolute atomic E-state index is 11.5. The van der Waals surface area contributed by atoms with E-state index in [2.05, 4.69) is 25.9 Å². The number of hydrogen-bond acceptors (Lipinski definition) is 4. The van der Waals surface area contributed by atoms with Gasteiger partial charge in [0, 0.05) is 6.42 Å². The number of anilines is 1. The Balaban J connectivity index is 1.82. The molecule has 1 heterocycles. The van der Waals surface area contributed by atoms with Gasteiger partial charge in [-0.3, -0.25) is 10.1 Å². The molecule has 0 atom stereocenters. The quantitative estimate of drug-likeness (QED) is 0.824. The number of hydrogen-bond donors (Lipinski definition) is 2. The van der Waals surface area contributed by atoms with Gasteiger partial charge in [0.25, 0.3) is 5.95 Å². The highest BCUT2D eigenvalue weighted by Crippen LogP contribution is 2.06. The summed E-state index contributed by atoms with van der Waals surface area (Å²) >= 11 is 0. The molecule has 6 nitrogen and oxygen atoms in total. The zero-order valence-corrected chi connectivity index (χ0v) is 9.47. The summed E-state index contributed by atoms with van der Waals surface area (Å²) in [7, 11) is 0. The second-order valence-electron chi connectivity index (χ2n) is 3.77. The van der Waals surface area contributed by atoms with E-state index in [1.807, 2.05) is 31.2 Å². The number of nitrogens with one attached hydrogen (secondary N) is 2. The summed E-state index contributed by atoms with van der Waals surface area (Å²) < 4.78 is 0. The minimum atomic E-state index is -0.119. The van der Waals surface area contributed by atoms with Crippen molar-refractivity contribution in [1.29, 1.82) is 0 Å². The highest BCUT2D eigenvalue weighted by molar-refractivity contribution is 5.88. The van der Waals surface area contributed by atoms with Crippen molar-refractivity contribution in [3.8, 4) is 0 Å². The van der Waals surface area contributed by atoms with E-state index in [0.29, 0.717) is 12.8 Å². The summed E-state index contributed by atoms with van der Waals surface area (Å²) in [5.41, 5.74) is 2.35. The Kier molecular flexibility index (Phi) is 3.44. The van der Waals surface area contributed by atoms with Gasteiger partial charge in [0.2, 0.25) is 5.91 Å². The van der Waals surface area contributed by atoms with Gasteiger partial charge in [0.1, 0.15) is 0 Å². The molecule has 1 aromatic heterocycles. The predicted octanol–water partition coefficient (Wildman–Crippen LogP) is 1.08. The largest absolute Gasteiger partial charge is 0.292 e. The number of H-pyrrole nitrogens is 1. The topological polar surface area (TPSA) is 83.6 Å². The van der Waals surface area contributed by atoms with Crippen LogP contribution in [-0.4, -0.2) is 26.5 Å². The molecule has 17 heavy (non-hydrogen) atoms. The molecule has 0 aliphatic rings. The van der Waals surface area contributed by atoms with E-state index in [1.165, 1.54) is 5.56 Å². The highest BCUT2D eigenvalue weighted by Gasteiger charge is 2.05. The van der Waals surface area contributed by atoms with Crippen molar-refractivity contribution in [2.24, 2.45) is 0 Å². The molecule has 0 unspecified atom stereocenters. The normalized spacial score (nSPS) is 10.2. The first-order valence-electron chi connectivity index (χ1n) is 5.33. The van der Waals surface area contributed by atoms with Crippen molar-refractivity contribution in [3.05, 3.63) is 35.4 Å². The monoisotopic (exact) mass is 231 g/mol. The number of amides is 1. The number of rotatable bonds is 4. The Morgan fingerprint density at radius 2 is 2.12 bits per heavy atom. The zero-order valence-electron chi connectivity index (χ0n) is 9.47. The molecule has 0 bridgehead atoms. The van der Waals surface area contributed by atoms with E-state index in [4.69, 9.17) is 0 Å². The van der Waals surface area contributed by atoms with Crippen LogP contribution in [0.1, 0.15) is 17.5 Å². The van der Waals surface area contributed by atoms with Gasteiger partial charge in [-0.1, -0.05) is 34.9 Å². The van der Waals surface area contributed by atoms with Crippen molar-refractivity contribution in [2.75, 3.05) is 5.32 Å². The SMILES string of the molecule is Cc1ccc(CCC(=O)Nc2nn[nH]n2)cc1. The van der Waals surface area contributed by atoms with Crippen molar-refractivity contribution < 1.29 is 4.79 Å². The number of aryl methyl sites for hydroxylation is 2. The van der Waals surface area contributed by atoms with E-state index < -0.39 is 0 Å². The molecule has 1 amide bonds. The molecule has 0 aliphatic carbocycles. The van der Waals surface area contributed by atoms with Crippen molar-refractivity contribution >= 4 is 11.9 Å². The molecular weight excluding hydrogens is 218 g/mol. The third kappa shape index (κ3) is 3.37. The van der Waals surface area contributed by atoms with E-state index in [-0.39, 0.29) is 11.9 Å². The van der Waals surface area contributed by atoms with Crippen molar-refractivity contribution in [1.82, 2.24) is 20.6 Å². The van der Waals surface area contributed by atoms with E-state index >= 15 is 0 Å². The van der Waals surface area contributed by atoms with Crippen LogP contribution >= 0.6 is 0 Å². The fourth-order valence-corrected chi connectivity index (χ4v) is 1.41. The van der Waals surface area contributed by atoms with Crippen LogP contribution in [0.4, 0.5) is 5.95 Å². The Morgan fingerprint density at radius 1 is 1.35 bits per heavy atom. The van der Waals surface area contributed by atoms with Crippen molar-refractivity contribution in [3.63, 3.8) is 0 Å². The third-order valence-corrected chi connectivity index (χ3v) is 2.36.